The first-order valence-corrected chi connectivity index (χ1v) is 7.10. The SMILES string of the molecule is CN(C)CCCNC(=O)CNc1ccc(Cl)cc1C(F)(F)F. The Bertz CT molecular complexity index is 507. The second-order valence-electron chi connectivity index (χ2n) is 5.05. The summed E-state index contributed by atoms with van der Waals surface area (Å²) >= 11 is 5.58. The van der Waals surface area contributed by atoms with Crippen molar-refractivity contribution in [2.75, 3.05) is 39.0 Å². The summed E-state index contributed by atoms with van der Waals surface area (Å²) in [6, 6.07) is 3.39. The van der Waals surface area contributed by atoms with Gasteiger partial charge in [0.1, 0.15) is 0 Å². The van der Waals surface area contributed by atoms with Gasteiger partial charge in [-0.15, -0.1) is 0 Å². The summed E-state index contributed by atoms with van der Waals surface area (Å²) in [5.74, 6) is -0.359. The van der Waals surface area contributed by atoms with Crippen LogP contribution in [0.5, 0.6) is 0 Å². The zero-order chi connectivity index (χ0) is 16.8. The molecule has 22 heavy (non-hydrogen) atoms. The highest BCUT2D eigenvalue weighted by Crippen LogP contribution is 2.36. The van der Waals surface area contributed by atoms with Crippen LogP contribution in [-0.4, -0.2) is 44.5 Å². The van der Waals surface area contributed by atoms with Gasteiger partial charge in [0.25, 0.3) is 0 Å². The quantitative estimate of drug-likeness (QED) is 0.752. The number of anilines is 1. The molecule has 0 saturated carbocycles. The van der Waals surface area contributed by atoms with Crippen molar-refractivity contribution >= 4 is 23.2 Å². The van der Waals surface area contributed by atoms with Crippen molar-refractivity contribution in [2.24, 2.45) is 0 Å². The molecule has 0 bridgehead atoms. The van der Waals surface area contributed by atoms with E-state index in [0.29, 0.717) is 6.54 Å². The molecule has 2 N–H and O–H groups in total. The number of benzene rings is 1. The predicted molar refractivity (Wildman–Crippen MR) is 81.1 cm³/mol. The molecule has 0 heterocycles. The third-order valence-corrected chi connectivity index (χ3v) is 3.07. The lowest BCUT2D eigenvalue weighted by atomic mass is 10.1. The number of alkyl halides is 3. The maximum Gasteiger partial charge on any atom is 0.418 e. The fourth-order valence-corrected chi connectivity index (χ4v) is 1.94. The van der Waals surface area contributed by atoms with Gasteiger partial charge < -0.3 is 15.5 Å². The molecule has 0 unspecified atom stereocenters. The lowest BCUT2D eigenvalue weighted by molar-refractivity contribution is -0.137. The van der Waals surface area contributed by atoms with Crippen LogP contribution in [0.1, 0.15) is 12.0 Å². The molecule has 0 atom stereocenters. The highest BCUT2D eigenvalue weighted by atomic mass is 35.5. The number of nitrogens with zero attached hydrogens (tertiary/aromatic N) is 1. The molecule has 0 aliphatic carbocycles. The Morgan fingerprint density at radius 1 is 1.32 bits per heavy atom. The van der Waals surface area contributed by atoms with Crippen LogP contribution in [0.4, 0.5) is 18.9 Å². The molecule has 0 aliphatic heterocycles. The Morgan fingerprint density at radius 3 is 2.59 bits per heavy atom. The van der Waals surface area contributed by atoms with Crippen molar-refractivity contribution in [3.05, 3.63) is 28.8 Å². The van der Waals surface area contributed by atoms with Gasteiger partial charge in [-0.05, 0) is 45.3 Å². The second kappa shape index (κ2) is 8.24. The lowest BCUT2D eigenvalue weighted by Gasteiger charge is -2.15. The van der Waals surface area contributed by atoms with Gasteiger partial charge in [-0.1, -0.05) is 11.6 Å². The molecule has 0 saturated heterocycles. The summed E-state index contributed by atoms with van der Waals surface area (Å²) in [7, 11) is 3.84. The molecule has 4 nitrogen and oxygen atoms in total. The van der Waals surface area contributed by atoms with E-state index in [2.05, 4.69) is 10.6 Å². The number of nitrogens with one attached hydrogen (secondary N) is 2. The van der Waals surface area contributed by atoms with E-state index in [0.717, 1.165) is 19.0 Å². The minimum absolute atomic E-state index is 0.00832. The van der Waals surface area contributed by atoms with Crippen molar-refractivity contribution in [2.45, 2.75) is 12.6 Å². The summed E-state index contributed by atoms with van der Waals surface area (Å²) in [5, 5.41) is 5.13. The topological polar surface area (TPSA) is 44.4 Å². The van der Waals surface area contributed by atoms with E-state index >= 15 is 0 Å². The number of amides is 1. The van der Waals surface area contributed by atoms with Gasteiger partial charge in [0, 0.05) is 17.3 Å². The Balaban J connectivity index is 2.52. The van der Waals surface area contributed by atoms with Gasteiger partial charge in [-0.2, -0.15) is 13.2 Å². The first-order valence-electron chi connectivity index (χ1n) is 6.72. The Labute approximate surface area is 132 Å². The van der Waals surface area contributed by atoms with E-state index in [4.69, 9.17) is 11.6 Å². The van der Waals surface area contributed by atoms with E-state index in [-0.39, 0.29) is 23.2 Å². The van der Waals surface area contributed by atoms with E-state index < -0.39 is 11.7 Å². The zero-order valence-electron chi connectivity index (χ0n) is 12.4. The average molecular weight is 338 g/mol. The molecule has 1 rings (SSSR count). The van der Waals surface area contributed by atoms with Crippen LogP contribution in [0.3, 0.4) is 0 Å². The van der Waals surface area contributed by atoms with Crippen molar-refractivity contribution < 1.29 is 18.0 Å². The molecule has 0 fully saturated rings. The summed E-state index contributed by atoms with van der Waals surface area (Å²) in [5.41, 5.74) is -1.05. The van der Waals surface area contributed by atoms with Gasteiger partial charge >= 0.3 is 6.18 Å². The molecule has 0 aromatic heterocycles. The minimum atomic E-state index is -4.53. The molecule has 1 aromatic rings. The summed E-state index contributed by atoms with van der Waals surface area (Å²) in [4.78, 5) is 13.6. The predicted octanol–water partition coefficient (Wildman–Crippen LogP) is 2.84. The molecule has 1 aromatic carbocycles. The molecule has 0 aliphatic rings. The van der Waals surface area contributed by atoms with E-state index in [9.17, 15) is 18.0 Å². The van der Waals surface area contributed by atoms with E-state index in [1.54, 1.807) is 0 Å². The monoisotopic (exact) mass is 337 g/mol. The first-order chi connectivity index (χ1) is 10.2. The number of carbonyl (C=O) groups is 1. The highest BCUT2D eigenvalue weighted by Gasteiger charge is 2.33. The smallest absolute Gasteiger partial charge is 0.376 e. The second-order valence-corrected chi connectivity index (χ2v) is 5.48. The lowest BCUT2D eigenvalue weighted by Crippen LogP contribution is -2.32. The Hall–Kier alpha value is -1.47. The van der Waals surface area contributed by atoms with E-state index in [1.165, 1.54) is 12.1 Å². The van der Waals surface area contributed by atoms with Crippen LogP contribution in [-0.2, 0) is 11.0 Å². The molecule has 0 radical (unpaired) electrons. The summed E-state index contributed by atoms with van der Waals surface area (Å²) in [6.45, 7) is 1.07. The number of hydrogen-bond acceptors (Lipinski definition) is 3. The molecule has 1 amide bonds. The van der Waals surface area contributed by atoms with Gasteiger partial charge in [-0.25, -0.2) is 0 Å². The van der Waals surface area contributed by atoms with Gasteiger partial charge in [0.05, 0.1) is 12.1 Å². The number of rotatable bonds is 7. The average Bonchev–Trinajstić information content (AvgIpc) is 2.41. The third-order valence-electron chi connectivity index (χ3n) is 2.83. The van der Waals surface area contributed by atoms with Crippen molar-refractivity contribution in [3.63, 3.8) is 0 Å². The van der Waals surface area contributed by atoms with Crippen molar-refractivity contribution in [3.8, 4) is 0 Å². The van der Waals surface area contributed by atoms with Crippen LogP contribution in [0, 0.1) is 0 Å². The standard InChI is InChI=1S/C14H19ClF3N3O/c1-21(2)7-3-6-19-13(22)9-20-12-5-4-10(15)8-11(12)14(16,17)18/h4-5,8,20H,3,6-7,9H2,1-2H3,(H,19,22). The van der Waals surface area contributed by atoms with Crippen LogP contribution >= 0.6 is 11.6 Å². The summed E-state index contributed by atoms with van der Waals surface area (Å²) in [6.07, 6.45) is -3.76. The molecule has 124 valence electrons. The molecular weight excluding hydrogens is 319 g/mol. The van der Waals surface area contributed by atoms with E-state index in [1.807, 2.05) is 19.0 Å². The first kappa shape index (κ1) is 18.6. The van der Waals surface area contributed by atoms with Crippen LogP contribution < -0.4 is 10.6 Å². The number of halogens is 4. The fourth-order valence-electron chi connectivity index (χ4n) is 1.77. The number of hydrogen-bond donors (Lipinski definition) is 2. The molecule has 8 heteroatoms. The van der Waals surface area contributed by atoms with Crippen LogP contribution in [0.15, 0.2) is 18.2 Å². The van der Waals surface area contributed by atoms with Gasteiger partial charge in [-0.3, -0.25) is 4.79 Å². The minimum Gasteiger partial charge on any atom is -0.376 e. The van der Waals surface area contributed by atoms with Crippen molar-refractivity contribution in [1.82, 2.24) is 10.2 Å². The zero-order valence-corrected chi connectivity index (χ0v) is 13.2. The van der Waals surface area contributed by atoms with Gasteiger partial charge in [0.15, 0.2) is 0 Å². The number of carbonyl (C=O) groups excluding carboxylic acids is 1. The normalized spacial score (nSPS) is 11.6. The maximum atomic E-state index is 12.9. The molecular formula is C14H19ClF3N3O. The maximum absolute atomic E-state index is 12.9. The Morgan fingerprint density at radius 2 is 2.00 bits per heavy atom. The largest absolute Gasteiger partial charge is 0.418 e. The summed E-state index contributed by atoms with van der Waals surface area (Å²) < 4.78 is 38.6. The fraction of sp³-hybridized carbons (Fsp3) is 0.500. The molecule has 0 spiro atoms. The highest BCUT2D eigenvalue weighted by molar-refractivity contribution is 6.30. The van der Waals surface area contributed by atoms with Gasteiger partial charge in [0.2, 0.25) is 5.91 Å². The van der Waals surface area contributed by atoms with Crippen LogP contribution in [0.25, 0.3) is 0 Å². The third kappa shape index (κ3) is 6.53. The van der Waals surface area contributed by atoms with Crippen molar-refractivity contribution in [1.29, 1.82) is 0 Å². The van der Waals surface area contributed by atoms with Crippen LogP contribution in [0.2, 0.25) is 5.02 Å². The Kier molecular flexibility index (Phi) is 6.96.